The number of aliphatic imine (C=N–C) groups is 1. The predicted octanol–water partition coefficient (Wildman–Crippen LogP) is 2.73. The number of rotatable bonds is 0. The Kier molecular flexibility index (Phi) is 1.19. The maximum absolute atomic E-state index is 4.24. The van der Waals surface area contributed by atoms with Crippen LogP contribution in [0.4, 0.5) is 11.4 Å². The molecule has 2 aromatic rings. The molecule has 0 unspecified atom stereocenters. The average Bonchev–Trinajstić information content (AvgIpc) is 2.19. The zero-order chi connectivity index (χ0) is 8.67. The van der Waals surface area contributed by atoms with Crippen molar-refractivity contribution in [1.82, 2.24) is 0 Å². The second-order valence-electron chi connectivity index (χ2n) is 3.01. The van der Waals surface area contributed by atoms with Gasteiger partial charge in [-0.3, -0.25) is 0 Å². The summed E-state index contributed by atoms with van der Waals surface area (Å²) in [6.45, 7) is 0. The SMILES string of the molecule is [c]1cc2c3c(cccc3c1)NC=N2. The first kappa shape index (κ1) is 6.66. The molecular weight excluding hydrogens is 160 g/mol. The van der Waals surface area contributed by atoms with E-state index in [2.05, 4.69) is 28.5 Å². The molecule has 2 aromatic carbocycles. The normalized spacial score (nSPS) is 12.9. The van der Waals surface area contributed by atoms with E-state index in [1.807, 2.05) is 18.2 Å². The maximum Gasteiger partial charge on any atom is 0.0930 e. The van der Waals surface area contributed by atoms with E-state index in [1.165, 1.54) is 10.8 Å². The lowest BCUT2D eigenvalue weighted by molar-refractivity contribution is 1.52. The smallest absolute Gasteiger partial charge is 0.0930 e. The highest BCUT2D eigenvalue weighted by atomic mass is 15.0. The van der Waals surface area contributed by atoms with E-state index in [4.69, 9.17) is 0 Å². The van der Waals surface area contributed by atoms with Crippen LogP contribution in [0.15, 0.2) is 35.3 Å². The summed E-state index contributed by atoms with van der Waals surface area (Å²) in [5.74, 6) is 0. The molecule has 61 valence electrons. The summed E-state index contributed by atoms with van der Waals surface area (Å²) in [5, 5.41) is 5.49. The van der Waals surface area contributed by atoms with Gasteiger partial charge in [-0.25, -0.2) is 4.99 Å². The first-order valence-electron chi connectivity index (χ1n) is 4.17. The molecule has 0 saturated heterocycles. The van der Waals surface area contributed by atoms with E-state index < -0.39 is 0 Å². The van der Waals surface area contributed by atoms with Crippen molar-refractivity contribution >= 4 is 28.5 Å². The van der Waals surface area contributed by atoms with Crippen molar-refractivity contribution in [2.45, 2.75) is 0 Å². The molecular formula is C11H7N2. The maximum atomic E-state index is 4.24. The second-order valence-corrected chi connectivity index (χ2v) is 3.01. The van der Waals surface area contributed by atoms with Crippen LogP contribution in [0.1, 0.15) is 0 Å². The summed E-state index contributed by atoms with van der Waals surface area (Å²) < 4.78 is 0. The molecule has 0 amide bonds. The topological polar surface area (TPSA) is 24.4 Å². The number of nitrogens with one attached hydrogen (secondary N) is 1. The van der Waals surface area contributed by atoms with Gasteiger partial charge >= 0.3 is 0 Å². The van der Waals surface area contributed by atoms with Gasteiger partial charge in [0.05, 0.1) is 12.0 Å². The molecule has 0 atom stereocenters. The Labute approximate surface area is 75.9 Å². The lowest BCUT2D eigenvalue weighted by Gasteiger charge is -2.12. The van der Waals surface area contributed by atoms with E-state index >= 15 is 0 Å². The van der Waals surface area contributed by atoms with Crippen LogP contribution in [0.3, 0.4) is 0 Å². The fourth-order valence-corrected chi connectivity index (χ4v) is 1.65. The summed E-state index contributed by atoms with van der Waals surface area (Å²) in [4.78, 5) is 4.24. The molecule has 2 heteroatoms. The highest BCUT2D eigenvalue weighted by molar-refractivity contribution is 6.08. The van der Waals surface area contributed by atoms with Crippen LogP contribution in [-0.4, -0.2) is 6.34 Å². The van der Waals surface area contributed by atoms with Gasteiger partial charge in [-0.05, 0) is 29.7 Å². The van der Waals surface area contributed by atoms with Gasteiger partial charge in [0.25, 0.3) is 0 Å². The monoisotopic (exact) mass is 167 g/mol. The Balaban J connectivity index is 2.56. The fraction of sp³-hybridized carbons (Fsp3) is 0. The van der Waals surface area contributed by atoms with E-state index in [9.17, 15) is 0 Å². The predicted molar refractivity (Wildman–Crippen MR) is 54.6 cm³/mol. The minimum atomic E-state index is 0.992. The van der Waals surface area contributed by atoms with Gasteiger partial charge in [-0.1, -0.05) is 12.1 Å². The largest absolute Gasteiger partial charge is 0.346 e. The lowest BCUT2D eigenvalue weighted by atomic mass is 10.1. The first-order chi connectivity index (χ1) is 6.45. The van der Waals surface area contributed by atoms with Crippen molar-refractivity contribution in [3.05, 3.63) is 36.4 Å². The van der Waals surface area contributed by atoms with Crippen LogP contribution in [0.2, 0.25) is 0 Å². The summed E-state index contributed by atoms with van der Waals surface area (Å²) in [7, 11) is 0. The minimum Gasteiger partial charge on any atom is -0.346 e. The Morgan fingerprint density at radius 2 is 2.23 bits per heavy atom. The number of anilines is 1. The fourth-order valence-electron chi connectivity index (χ4n) is 1.65. The standard InChI is InChI=1S/C11H7N2/c1-3-8-4-2-6-10-11(8)9(5-1)12-7-13-10/h1,3-7H,(H,12,13). The van der Waals surface area contributed by atoms with Gasteiger partial charge in [0, 0.05) is 11.1 Å². The molecule has 0 aliphatic carbocycles. The minimum absolute atomic E-state index is 0.992. The van der Waals surface area contributed by atoms with Crippen LogP contribution < -0.4 is 5.32 Å². The Morgan fingerprint density at radius 3 is 3.23 bits per heavy atom. The third-order valence-corrected chi connectivity index (χ3v) is 2.24. The van der Waals surface area contributed by atoms with E-state index in [1.54, 1.807) is 6.34 Å². The third kappa shape index (κ3) is 0.855. The van der Waals surface area contributed by atoms with Crippen LogP contribution >= 0.6 is 0 Å². The Bertz CT molecular complexity index is 495. The zero-order valence-electron chi connectivity index (χ0n) is 6.91. The molecule has 0 bridgehead atoms. The highest BCUT2D eigenvalue weighted by Gasteiger charge is 2.07. The van der Waals surface area contributed by atoms with Crippen molar-refractivity contribution in [3.63, 3.8) is 0 Å². The van der Waals surface area contributed by atoms with Crippen molar-refractivity contribution in [2.75, 3.05) is 5.32 Å². The molecule has 1 heterocycles. The van der Waals surface area contributed by atoms with Crippen molar-refractivity contribution in [3.8, 4) is 0 Å². The zero-order valence-corrected chi connectivity index (χ0v) is 6.91. The van der Waals surface area contributed by atoms with Gasteiger partial charge in [0.2, 0.25) is 0 Å². The summed E-state index contributed by atoms with van der Waals surface area (Å²) in [6, 6.07) is 13.1. The van der Waals surface area contributed by atoms with Crippen LogP contribution in [0.25, 0.3) is 10.8 Å². The van der Waals surface area contributed by atoms with Crippen LogP contribution in [-0.2, 0) is 0 Å². The van der Waals surface area contributed by atoms with Crippen molar-refractivity contribution < 1.29 is 0 Å². The number of hydrogen-bond donors (Lipinski definition) is 1. The summed E-state index contributed by atoms with van der Waals surface area (Å²) in [6.07, 6.45) is 1.71. The van der Waals surface area contributed by atoms with Crippen LogP contribution in [0.5, 0.6) is 0 Å². The quantitative estimate of drug-likeness (QED) is 0.641. The van der Waals surface area contributed by atoms with E-state index in [0.717, 1.165) is 11.4 Å². The third-order valence-electron chi connectivity index (χ3n) is 2.24. The molecule has 2 nitrogen and oxygen atoms in total. The average molecular weight is 167 g/mol. The Morgan fingerprint density at radius 1 is 1.23 bits per heavy atom. The molecule has 3 rings (SSSR count). The van der Waals surface area contributed by atoms with Gasteiger partial charge in [-0.15, -0.1) is 0 Å². The molecule has 1 aliphatic heterocycles. The van der Waals surface area contributed by atoms with Gasteiger partial charge < -0.3 is 5.32 Å². The van der Waals surface area contributed by atoms with Gasteiger partial charge in [-0.2, -0.15) is 0 Å². The molecule has 0 spiro atoms. The molecule has 0 aromatic heterocycles. The lowest BCUT2D eigenvalue weighted by Crippen LogP contribution is -1.99. The number of nitrogens with zero attached hydrogens (tertiary/aromatic N) is 1. The van der Waals surface area contributed by atoms with Crippen molar-refractivity contribution in [2.24, 2.45) is 4.99 Å². The Hall–Kier alpha value is -1.83. The van der Waals surface area contributed by atoms with Crippen LogP contribution in [0, 0.1) is 6.07 Å². The number of benzene rings is 2. The molecule has 13 heavy (non-hydrogen) atoms. The van der Waals surface area contributed by atoms with E-state index in [0.29, 0.717) is 0 Å². The first-order valence-corrected chi connectivity index (χ1v) is 4.17. The second kappa shape index (κ2) is 2.33. The molecule has 0 saturated carbocycles. The molecule has 1 N–H and O–H groups in total. The summed E-state index contributed by atoms with van der Waals surface area (Å²) >= 11 is 0. The van der Waals surface area contributed by atoms with Gasteiger partial charge in [0.1, 0.15) is 0 Å². The number of hydrogen-bond acceptors (Lipinski definition) is 2. The molecule has 1 aliphatic rings. The molecule has 1 radical (unpaired) electrons. The summed E-state index contributed by atoms with van der Waals surface area (Å²) in [5.41, 5.74) is 2.11. The molecule has 0 fully saturated rings. The highest BCUT2D eigenvalue weighted by Crippen LogP contribution is 2.33. The van der Waals surface area contributed by atoms with Gasteiger partial charge in [0.15, 0.2) is 0 Å². The van der Waals surface area contributed by atoms with Crippen molar-refractivity contribution in [1.29, 1.82) is 0 Å². The van der Waals surface area contributed by atoms with E-state index in [-0.39, 0.29) is 0 Å².